The Labute approximate surface area is 95.2 Å². The van der Waals surface area contributed by atoms with E-state index < -0.39 is 0 Å². The molecule has 16 heavy (non-hydrogen) atoms. The third kappa shape index (κ3) is 1.46. The van der Waals surface area contributed by atoms with Crippen molar-refractivity contribution in [1.29, 1.82) is 0 Å². The number of hydrogen-bond donors (Lipinski definition) is 1. The van der Waals surface area contributed by atoms with E-state index in [2.05, 4.69) is 34.2 Å². The first-order valence-electron chi connectivity index (χ1n) is 5.89. The van der Waals surface area contributed by atoms with E-state index in [1.165, 1.54) is 6.39 Å². The van der Waals surface area contributed by atoms with E-state index in [0.717, 1.165) is 43.8 Å². The van der Waals surface area contributed by atoms with Crippen molar-refractivity contribution in [2.45, 2.75) is 25.9 Å². The minimum Gasteiger partial charge on any atom is -0.343 e. The quantitative estimate of drug-likeness (QED) is 0.789. The highest BCUT2D eigenvalue weighted by atomic mass is 16.5. The van der Waals surface area contributed by atoms with Crippen LogP contribution < -0.4 is 5.32 Å². The Morgan fingerprint density at radius 1 is 1.56 bits per heavy atom. The second kappa shape index (κ2) is 3.53. The molecule has 0 saturated carbocycles. The predicted octanol–water partition coefficient (Wildman–Crippen LogP) is 0.499. The number of nitrogens with one attached hydrogen (secondary N) is 1. The molecule has 0 amide bonds. The lowest BCUT2D eigenvalue weighted by Gasteiger charge is -2.34. The molecule has 1 aromatic heterocycles. The topological polar surface area (TPSA) is 54.2 Å². The second-order valence-electron chi connectivity index (χ2n) is 5.41. The molecule has 0 aliphatic carbocycles. The highest BCUT2D eigenvalue weighted by Gasteiger charge is 2.49. The van der Waals surface area contributed by atoms with Crippen LogP contribution in [0.5, 0.6) is 0 Å². The van der Waals surface area contributed by atoms with Crippen LogP contribution >= 0.6 is 0 Å². The highest BCUT2D eigenvalue weighted by Crippen LogP contribution is 2.40. The molecule has 5 nitrogen and oxygen atoms in total. The highest BCUT2D eigenvalue weighted by molar-refractivity contribution is 5.05. The Bertz CT molecular complexity index is 362. The molecular weight excluding hydrogens is 204 g/mol. The van der Waals surface area contributed by atoms with Crippen molar-refractivity contribution >= 4 is 0 Å². The van der Waals surface area contributed by atoms with E-state index in [9.17, 15) is 0 Å². The SMILES string of the molecule is CC1(C)C2CNCC2CN1Cc1ncon1. The van der Waals surface area contributed by atoms with Crippen molar-refractivity contribution < 1.29 is 4.52 Å². The van der Waals surface area contributed by atoms with Crippen molar-refractivity contribution in [3.05, 3.63) is 12.2 Å². The maximum absolute atomic E-state index is 4.79. The molecule has 2 atom stereocenters. The molecule has 1 aromatic rings. The van der Waals surface area contributed by atoms with E-state index in [1.54, 1.807) is 0 Å². The number of rotatable bonds is 2. The Morgan fingerprint density at radius 2 is 2.44 bits per heavy atom. The van der Waals surface area contributed by atoms with Crippen LogP contribution in [0.15, 0.2) is 10.9 Å². The third-order valence-electron chi connectivity index (χ3n) is 4.26. The Morgan fingerprint density at radius 3 is 3.12 bits per heavy atom. The molecule has 3 heterocycles. The number of aromatic nitrogens is 2. The van der Waals surface area contributed by atoms with Crippen molar-refractivity contribution in [3.8, 4) is 0 Å². The number of likely N-dealkylation sites (tertiary alicyclic amines) is 1. The van der Waals surface area contributed by atoms with E-state index in [1.807, 2.05) is 0 Å². The van der Waals surface area contributed by atoms with Crippen LogP contribution in [0.2, 0.25) is 0 Å². The molecule has 2 saturated heterocycles. The summed E-state index contributed by atoms with van der Waals surface area (Å²) in [6, 6.07) is 0. The summed E-state index contributed by atoms with van der Waals surface area (Å²) in [7, 11) is 0. The molecular formula is C11H18N4O. The maximum Gasteiger partial charge on any atom is 0.213 e. The molecule has 0 spiro atoms. The lowest BCUT2D eigenvalue weighted by atomic mass is 9.85. The largest absolute Gasteiger partial charge is 0.343 e. The number of fused-ring (bicyclic) bond motifs is 1. The van der Waals surface area contributed by atoms with E-state index in [0.29, 0.717) is 0 Å². The van der Waals surface area contributed by atoms with Gasteiger partial charge in [0.1, 0.15) is 0 Å². The van der Waals surface area contributed by atoms with Gasteiger partial charge in [0, 0.05) is 18.6 Å². The molecule has 88 valence electrons. The second-order valence-corrected chi connectivity index (χ2v) is 5.41. The van der Waals surface area contributed by atoms with Gasteiger partial charge in [0.05, 0.1) is 6.54 Å². The van der Waals surface area contributed by atoms with Crippen LogP contribution in [0.25, 0.3) is 0 Å². The lowest BCUT2D eigenvalue weighted by molar-refractivity contribution is 0.127. The van der Waals surface area contributed by atoms with Crippen molar-refractivity contribution in [2.24, 2.45) is 11.8 Å². The van der Waals surface area contributed by atoms with Crippen LogP contribution in [0, 0.1) is 11.8 Å². The zero-order chi connectivity index (χ0) is 11.2. The molecule has 0 bridgehead atoms. The molecule has 2 aliphatic rings. The summed E-state index contributed by atoms with van der Waals surface area (Å²) >= 11 is 0. The smallest absolute Gasteiger partial charge is 0.213 e. The van der Waals surface area contributed by atoms with Crippen LogP contribution in [0.1, 0.15) is 19.7 Å². The first-order valence-corrected chi connectivity index (χ1v) is 5.89. The molecule has 2 unspecified atom stereocenters. The molecule has 5 heteroatoms. The average Bonchev–Trinajstić information content (AvgIpc) is 2.89. The number of hydrogen-bond acceptors (Lipinski definition) is 5. The summed E-state index contributed by atoms with van der Waals surface area (Å²) in [5.41, 5.74) is 0.231. The number of nitrogens with zero attached hydrogens (tertiary/aromatic N) is 3. The first kappa shape index (κ1) is 10.2. The minimum atomic E-state index is 0.231. The average molecular weight is 222 g/mol. The zero-order valence-electron chi connectivity index (χ0n) is 9.81. The normalized spacial score (nSPS) is 33.1. The summed E-state index contributed by atoms with van der Waals surface area (Å²) in [5.74, 6) is 2.32. The maximum atomic E-state index is 4.79. The van der Waals surface area contributed by atoms with E-state index >= 15 is 0 Å². The fourth-order valence-corrected chi connectivity index (χ4v) is 3.21. The van der Waals surface area contributed by atoms with Crippen LogP contribution in [0.3, 0.4) is 0 Å². The van der Waals surface area contributed by atoms with Gasteiger partial charge < -0.3 is 9.84 Å². The van der Waals surface area contributed by atoms with Crippen molar-refractivity contribution in [1.82, 2.24) is 20.4 Å². The molecule has 2 fully saturated rings. The zero-order valence-corrected chi connectivity index (χ0v) is 9.81. The van der Waals surface area contributed by atoms with Crippen LogP contribution in [0.4, 0.5) is 0 Å². The fourth-order valence-electron chi connectivity index (χ4n) is 3.21. The monoisotopic (exact) mass is 222 g/mol. The minimum absolute atomic E-state index is 0.231. The van der Waals surface area contributed by atoms with Gasteiger partial charge in [-0.3, -0.25) is 4.90 Å². The van der Waals surface area contributed by atoms with Gasteiger partial charge in [0.25, 0.3) is 0 Å². The van der Waals surface area contributed by atoms with Gasteiger partial charge in [-0.25, -0.2) is 0 Å². The fraction of sp³-hybridized carbons (Fsp3) is 0.818. The van der Waals surface area contributed by atoms with Crippen LogP contribution in [-0.2, 0) is 6.54 Å². The molecule has 1 N–H and O–H groups in total. The van der Waals surface area contributed by atoms with Crippen LogP contribution in [-0.4, -0.2) is 40.2 Å². The van der Waals surface area contributed by atoms with E-state index in [4.69, 9.17) is 4.52 Å². The summed E-state index contributed by atoms with van der Waals surface area (Å²) in [4.78, 5) is 6.58. The first-order chi connectivity index (χ1) is 7.68. The third-order valence-corrected chi connectivity index (χ3v) is 4.26. The predicted molar refractivity (Wildman–Crippen MR) is 58.6 cm³/mol. The van der Waals surface area contributed by atoms with E-state index in [-0.39, 0.29) is 5.54 Å². The Hall–Kier alpha value is -0.940. The Balaban J connectivity index is 1.77. The van der Waals surface area contributed by atoms with Crippen molar-refractivity contribution in [2.75, 3.05) is 19.6 Å². The van der Waals surface area contributed by atoms with Crippen molar-refractivity contribution in [3.63, 3.8) is 0 Å². The van der Waals surface area contributed by atoms with Gasteiger partial charge in [-0.15, -0.1) is 0 Å². The van der Waals surface area contributed by atoms with Gasteiger partial charge in [-0.05, 0) is 32.2 Å². The lowest BCUT2D eigenvalue weighted by Crippen LogP contribution is -2.44. The van der Waals surface area contributed by atoms with Gasteiger partial charge in [0.15, 0.2) is 5.82 Å². The molecule has 0 aromatic carbocycles. The molecule has 3 rings (SSSR count). The van der Waals surface area contributed by atoms with Gasteiger partial charge in [0.2, 0.25) is 6.39 Å². The van der Waals surface area contributed by atoms with Gasteiger partial charge >= 0.3 is 0 Å². The van der Waals surface area contributed by atoms with Gasteiger partial charge in [-0.2, -0.15) is 4.98 Å². The molecule has 2 aliphatic heterocycles. The summed E-state index contributed by atoms with van der Waals surface area (Å²) in [6.07, 6.45) is 1.40. The summed E-state index contributed by atoms with van der Waals surface area (Å²) in [6.45, 7) is 8.88. The summed E-state index contributed by atoms with van der Waals surface area (Å²) < 4.78 is 4.79. The molecule has 0 radical (unpaired) electrons. The Kier molecular flexibility index (Phi) is 2.26. The summed E-state index contributed by atoms with van der Waals surface area (Å²) in [5, 5.41) is 7.38. The standard InChI is InChI=1S/C11H18N4O/c1-11(2)9-4-12-3-8(9)5-15(11)6-10-13-7-16-14-10/h7-9,12H,3-6H2,1-2H3. The van der Waals surface area contributed by atoms with Gasteiger partial charge in [-0.1, -0.05) is 5.16 Å².